The van der Waals surface area contributed by atoms with Crippen LogP contribution in [-0.2, 0) is 4.79 Å². The fourth-order valence-corrected chi connectivity index (χ4v) is 5.76. The van der Waals surface area contributed by atoms with Gasteiger partial charge in [0.05, 0.1) is 16.3 Å². The summed E-state index contributed by atoms with van der Waals surface area (Å²) in [5.74, 6) is 1.09. The minimum absolute atomic E-state index is 0.0383. The third-order valence-electron chi connectivity index (χ3n) is 5.13. The normalized spacial score (nSPS) is 15.2. The van der Waals surface area contributed by atoms with E-state index in [-0.39, 0.29) is 5.91 Å². The van der Waals surface area contributed by atoms with E-state index in [0.717, 1.165) is 28.3 Å². The Morgan fingerprint density at radius 2 is 1.84 bits per heavy atom. The van der Waals surface area contributed by atoms with Crippen LogP contribution in [0.25, 0.3) is 23.0 Å². The molecule has 0 atom stereocenters. The van der Waals surface area contributed by atoms with Crippen LogP contribution in [0.1, 0.15) is 32.3 Å². The molecule has 0 spiro atoms. The van der Waals surface area contributed by atoms with E-state index in [2.05, 4.69) is 31.2 Å². The molecule has 1 fully saturated rings. The number of carbonyl (C=O) groups is 1. The van der Waals surface area contributed by atoms with Crippen LogP contribution >= 0.6 is 35.7 Å². The molecule has 0 N–H and O–H groups in total. The second-order valence-electron chi connectivity index (χ2n) is 7.37. The number of hydrogen-bond acceptors (Lipinski definition) is 5. The van der Waals surface area contributed by atoms with Gasteiger partial charge in [-0.25, -0.2) is 4.68 Å². The van der Waals surface area contributed by atoms with Gasteiger partial charge in [-0.15, -0.1) is 11.8 Å². The number of rotatable bonds is 8. The van der Waals surface area contributed by atoms with E-state index in [1.165, 1.54) is 29.5 Å². The molecule has 0 radical (unpaired) electrons. The second-order valence-corrected chi connectivity index (χ2v) is 10.2. The Kier molecular flexibility index (Phi) is 7.50. The number of carbonyl (C=O) groups excluding carboxylic acids is 1. The fourth-order valence-electron chi connectivity index (χ4n) is 3.39. The lowest BCUT2D eigenvalue weighted by Crippen LogP contribution is -2.27. The molecule has 4 rings (SSSR count). The van der Waals surface area contributed by atoms with Crippen molar-refractivity contribution in [1.29, 1.82) is 0 Å². The Balaban J connectivity index is 1.71. The summed E-state index contributed by atoms with van der Waals surface area (Å²) >= 11 is 8.61. The first kappa shape index (κ1) is 22.8. The highest BCUT2D eigenvalue weighted by Crippen LogP contribution is 2.35. The average Bonchev–Trinajstić information content (AvgIpc) is 3.35. The van der Waals surface area contributed by atoms with Crippen molar-refractivity contribution in [3.05, 3.63) is 71.3 Å². The molecule has 2 aromatic carbocycles. The van der Waals surface area contributed by atoms with Crippen LogP contribution in [0.15, 0.2) is 70.6 Å². The second kappa shape index (κ2) is 10.5. The lowest BCUT2D eigenvalue weighted by Gasteiger charge is -2.09. The molecule has 0 saturated carbocycles. The molecule has 4 nitrogen and oxygen atoms in total. The third kappa shape index (κ3) is 5.00. The Morgan fingerprint density at radius 3 is 2.50 bits per heavy atom. The largest absolute Gasteiger partial charge is 0.293 e. The number of hydrogen-bond donors (Lipinski definition) is 0. The highest BCUT2D eigenvalue weighted by atomic mass is 32.2. The highest BCUT2D eigenvalue weighted by Gasteiger charge is 2.31. The molecule has 0 aliphatic carbocycles. The summed E-state index contributed by atoms with van der Waals surface area (Å²) in [5, 5.41) is 4.88. The summed E-state index contributed by atoms with van der Waals surface area (Å²) in [4.78, 5) is 16.3. The molecular formula is C25H25N3OS3. The zero-order valence-corrected chi connectivity index (χ0v) is 20.6. The van der Waals surface area contributed by atoms with E-state index in [4.69, 9.17) is 17.3 Å². The number of thiocarbonyl (C=S) groups is 1. The summed E-state index contributed by atoms with van der Waals surface area (Å²) in [6.45, 7) is 4.73. The van der Waals surface area contributed by atoms with Gasteiger partial charge < -0.3 is 0 Å². The van der Waals surface area contributed by atoms with Crippen LogP contribution in [0, 0.1) is 0 Å². The van der Waals surface area contributed by atoms with Crippen LogP contribution in [0.2, 0.25) is 0 Å². The lowest BCUT2D eigenvalue weighted by atomic mass is 10.1. The number of amides is 1. The molecule has 1 aromatic heterocycles. The van der Waals surface area contributed by atoms with Crippen molar-refractivity contribution in [2.45, 2.75) is 31.6 Å². The molecule has 1 saturated heterocycles. The summed E-state index contributed by atoms with van der Waals surface area (Å²) < 4.78 is 2.47. The quantitative estimate of drug-likeness (QED) is 0.156. The maximum absolute atomic E-state index is 12.8. The van der Waals surface area contributed by atoms with Crippen LogP contribution < -0.4 is 0 Å². The molecule has 7 heteroatoms. The third-order valence-corrected chi connectivity index (χ3v) is 7.61. The number of nitrogens with zero attached hydrogens (tertiary/aromatic N) is 3. The van der Waals surface area contributed by atoms with Gasteiger partial charge in [0.25, 0.3) is 5.91 Å². The zero-order chi connectivity index (χ0) is 22.5. The minimum Gasteiger partial charge on any atom is -0.293 e. The molecule has 1 aliphatic rings. The summed E-state index contributed by atoms with van der Waals surface area (Å²) in [5.41, 5.74) is 3.75. The Labute approximate surface area is 203 Å². The van der Waals surface area contributed by atoms with E-state index in [9.17, 15) is 4.79 Å². The molecule has 1 aliphatic heterocycles. The maximum atomic E-state index is 12.8. The maximum Gasteiger partial charge on any atom is 0.266 e. The van der Waals surface area contributed by atoms with Crippen LogP contribution in [0.4, 0.5) is 0 Å². The van der Waals surface area contributed by atoms with Crippen molar-refractivity contribution in [2.75, 3.05) is 12.3 Å². The Hall–Kier alpha value is -2.35. The molecule has 0 bridgehead atoms. The first-order valence-corrected chi connectivity index (χ1v) is 13.0. The molecule has 0 unspecified atom stereocenters. The van der Waals surface area contributed by atoms with Gasteiger partial charge in [-0.05, 0) is 49.4 Å². The van der Waals surface area contributed by atoms with Crippen LogP contribution in [-0.4, -0.2) is 37.2 Å². The van der Waals surface area contributed by atoms with Gasteiger partial charge in [0.15, 0.2) is 0 Å². The van der Waals surface area contributed by atoms with E-state index in [1.807, 2.05) is 66.0 Å². The van der Waals surface area contributed by atoms with Gasteiger partial charge in [-0.3, -0.25) is 9.69 Å². The van der Waals surface area contributed by atoms with E-state index in [0.29, 0.717) is 15.8 Å². The van der Waals surface area contributed by atoms with E-state index >= 15 is 0 Å². The van der Waals surface area contributed by atoms with Gasteiger partial charge in [0.2, 0.25) is 0 Å². The van der Waals surface area contributed by atoms with Gasteiger partial charge in [-0.1, -0.05) is 67.7 Å². The highest BCUT2D eigenvalue weighted by molar-refractivity contribution is 8.26. The number of benzene rings is 2. The van der Waals surface area contributed by atoms with Crippen molar-refractivity contribution in [1.82, 2.24) is 14.7 Å². The number of likely N-dealkylation sites (N-methyl/N-ethyl adjacent to an activating group) is 1. The Morgan fingerprint density at radius 1 is 1.09 bits per heavy atom. The molecule has 2 heterocycles. The first-order valence-electron chi connectivity index (χ1n) is 10.7. The van der Waals surface area contributed by atoms with E-state index in [1.54, 1.807) is 4.90 Å². The van der Waals surface area contributed by atoms with Gasteiger partial charge >= 0.3 is 0 Å². The fraction of sp³-hybridized carbons (Fsp3) is 0.240. The number of thioether (sulfide) groups is 2. The zero-order valence-electron chi connectivity index (χ0n) is 18.2. The topological polar surface area (TPSA) is 38.1 Å². The number of unbranched alkanes of at least 4 members (excludes halogenated alkanes) is 1. The summed E-state index contributed by atoms with van der Waals surface area (Å²) in [7, 11) is 0. The van der Waals surface area contributed by atoms with Crippen molar-refractivity contribution < 1.29 is 4.79 Å². The van der Waals surface area contributed by atoms with Crippen molar-refractivity contribution in [3.63, 3.8) is 0 Å². The van der Waals surface area contributed by atoms with Crippen LogP contribution in [0.3, 0.4) is 0 Å². The van der Waals surface area contributed by atoms with Crippen molar-refractivity contribution >= 4 is 52.0 Å². The minimum atomic E-state index is -0.0383. The number of para-hydroxylation sites is 1. The average molecular weight is 480 g/mol. The lowest BCUT2D eigenvalue weighted by molar-refractivity contribution is -0.121. The molecule has 1 amide bonds. The standard InChI is InChI=1S/C25H25N3OS3/c1-3-5-15-31-21-13-11-18(12-14-21)23-19(16-22-24(29)27(4-2)25(30)32-22)17-28(26-23)20-9-7-6-8-10-20/h6-14,16-17H,3-5,15H2,1-2H3. The molecule has 32 heavy (non-hydrogen) atoms. The monoisotopic (exact) mass is 479 g/mol. The predicted molar refractivity (Wildman–Crippen MR) is 140 cm³/mol. The van der Waals surface area contributed by atoms with Gasteiger partial charge in [-0.2, -0.15) is 5.10 Å². The summed E-state index contributed by atoms with van der Waals surface area (Å²) in [6, 6.07) is 18.5. The first-order chi connectivity index (χ1) is 15.6. The van der Waals surface area contributed by atoms with Crippen molar-refractivity contribution in [3.8, 4) is 16.9 Å². The smallest absolute Gasteiger partial charge is 0.266 e. The van der Waals surface area contributed by atoms with E-state index < -0.39 is 0 Å². The van der Waals surface area contributed by atoms with Crippen LogP contribution in [0.5, 0.6) is 0 Å². The Bertz CT molecular complexity index is 1140. The predicted octanol–water partition coefficient (Wildman–Crippen LogP) is 6.65. The molecule has 164 valence electrons. The van der Waals surface area contributed by atoms with Crippen molar-refractivity contribution in [2.24, 2.45) is 0 Å². The van der Waals surface area contributed by atoms with Gasteiger partial charge in [0.1, 0.15) is 4.32 Å². The molecule has 3 aromatic rings. The number of aromatic nitrogens is 2. The molecular weight excluding hydrogens is 454 g/mol. The summed E-state index contributed by atoms with van der Waals surface area (Å²) in [6.07, 6.45) is 6.32. The SMILES string of the molecule is CCCCSc1ccc(-c2nn(-c3ccccc3)cc2C=C2SC(=S)N(CC)C2=O)cc1. The van der Waals surface area contributed by atoms with Gasteiger partial charge in [0, 0.05) is 28.8 Å².